The summed E-state index contributed by atoms with van der Waals surface area (Å²) in [5.41, 5.74) is 2.07. The van der Waals surface area contributed by atoms with E-state index in [4.69, 9.17) is 13.9 Å². The van der Waals surface area contributed by atoms with Crippen molar-refractivity contribution in [2.24, 2.45) is 4.99 Å². The number of hydrogen-bond acceptors (Lipinski definition) is 5. The normalized spacial score (nSPS) is 10.9. The van der Waals surface area contributed by atoms with E-state index in [0.29, 0.717) is 38.7 Å². The van der Waals surface area contributed by atoms with Crippen molar-refractivity contribution >= 4 is 35.8 Å². The van der Waals surface area contributed by atoms with Crippen LogP contribution in [0.25, 0.3) is 0 Å². The van der Waals surface area contributed by atoms with Crippen LogP contribution in [0.5, 0.6) is 5.75 Å². The molecule has 0 bridgehead atoms. The minimum absolute atomic E-state index is 0. The first kappa shape index (κ1) is 26.8. The van der Waals surface area contributed by atoms with Crippen LogP contribution in [0.15, 0.2) is 46.0 Å². The Balaban J connectivity index is 0.00000480. The van der Waals surface area contributed by atoms with Gasteiger partial charge in [0.25, 0.3) is 0 Å². The molecule has 1 heterocycles. The van der Waals surface area contributed by atoms with Crippen molar-refractivity contribution in [3.05, 3.63) is 53.5 Å². The molecular formula is C22H33IN4O4. The van der Waals surface area contributed by atoms with Gasteiger partial charge >= 0.3 is 0 Å². The molecule has 1 aromatic heterocycles. The van der Waals surface area contributed by atoms with Gasteiger partial charge in [-0.2, -0.15) is 0 Å². The van der Waals surface area contributed by atoms with Crippen molar-refractivity contribution in [3.63, 3.8) is 0 Å². The maximum Gasteiger partial charge on any atom is 0.241 e. The number of carbonyl (C=O) groups is 1. The van der Waals surface area contributed by atoms with Crippen molar-refractivity contribution in [1.82, 2.24) is 15.5 Å². The van der Waals surface area contributed by atoms with E-state index in [9.17, 15) is 4.79 Å². The number of halogens is 1. The summed E-state index contributed by atoms with van der Waals surface area (Å²) in [7, 11) is 5.09. The summed E-state index contributed by atoms with van der Waals surface area (Å²) in [5.74, 6) is 2.20. The SMILES string of the molecule is COCCOc1cc(C)ccc1CN=C(NCCc1ccco1)NCC(=O)N(C)C.I. The average Bonchev–Trinajstić information content (AvgIpc) is 3.24. The number of ether oxygens (including phenoxy) is 2. The fraction of sp³-hybridized carbons (Fsp3) is 0.455. The largest absolute Gasteiger partial charge is 0.491 e. The number of guanidine groups is 1. The van der Waals surface area contributed by atoms with Crippen molar-refractivity contribution in [2.45, 2.75) is 19.9 Å². The van der Waals surface area contributed by atoms with E-state index >= 15 is 0 Å². The van der Waals surface area contributed by atoms with Gasteiger partial charge in [-0.1, -0.05) is 12.1 Å². The van der Waals surface area contributed by atoms with Crippen LogP contribution in [0, 0.1) is 6.92 Å². The number of nitrogens with one attached hydrogen (secondary N) is 2. The lowest BCUT2D eigenvalue weighted by Gasteiger charge is -2.15. The van der Waals surface area contributed by atoms with E-state index in [1.165, 1.54) is 4.90 Å². The highest BCUT2D eigenvalue weighted by Gasteiger charge is 2.08. The van der Waals surface area contributed by atoms with Crippen LogP contribution in [0.1, 0.15) is 16.9 Å². The topological polar surface area (TPSA) is 88.3 Å². The minimum Gasteiger partial charge on any atom is -0.491 e. The minimum atomic E-state index is -0.0329. The van der Waals surface area contributed by atoms with Crippen molar-refractivity contribution in [3.8, 4) is 5.75 Å². The Morgan fingerprint density at radius 1 is 1.19 bits per heavy atom. The third kappa shape index (κ3) is 10.1. The molecule has 2 rings (SSSR count). The molecule has 172 valence electrons. The standard InChI is InChI=1S/C22H32N4O4.HI/c1-17-7-8-18(20(14-17)30-13-12-28-4)15-24-22(25-16-21(27)26(2)3)23-10-9-19-6-5-11-29-19;/h5-8,11,14H,9-10,12-13,15-16H2,1-4H3,(H2,23,24,25);1H. The molecule has 0 aliphatic rings. The number of rotatable bonds is 11. The van der Waals surface area contributed by atoms with Crippen LogP contribution >= 0.6 is 24.0 Å². The molecule has 2 aromatic rings. The molecule has 0 fully saturated rings. The molecule has 9 heteroatoms. The zero-order chi connectivity index (χ0) is 21.8. The zero-order valence-corrected chi connectivity index (χ0v) is 21.0. The first-order valence-corrected chi connectivity index (χ1v) is 9.95. The fourth-order valence-electron chi connectivity index (χ4n) is 2.58. The van der Waals surface area contributed by atoms with Gasteiger partial charge in [0.05, 0.1) is 26.0 Å². The highest BCUT2D eigenvalue weighted by Crippen LogP contribution is 2.21. The van der Waals surface area contributed by atoms with Gasteiger partial charge in [0.1, 0.15) is 18.1 Å². The highest BCUT2D eigenvalue weighted by molar-refractivity contribution is 14.0. The summed E-state index contributed by atoms with van der Waals surface area (Å²) in [5, 5.41) is 6.34. The molecule has 0 saturated heterocycles. The Kier molecular flexibility index (Phi) is 12.7. The monoisotopic (exact) mass is 544 g/mol. The van der Waals surface area contributed by atoms with Gasteiger partial charge in [-0.05, 0) is 30.7 Å². The summed E-state index contributed by atoms with van der Waals surface area (Å²) in [6, 6.07) is 9.82. The molecule has 0 aliphatic carbocycles. The number of aryl methyl sites for hydroxylation is 1. The molecule has 0 aliphatic heterocycles. The van der Waals surface area contributed by atoms with Crippen LogP contribution in [0.4, 0.5) is 0 Å². The number of amides is 1. The second-order valence-electron chi connectivity index (χ2n) is 7.02. The number of furan rings is 1. The quantitative estimate of drug-likeness (QED) is 0.196. The third-order valence-corrected chi connectivity index (χ3v) is 4.33. The molecule has 0 unspecified atom stereocenters. The molecular weight excluding hydrogens is 511 g/mol. The van der Waals surface area contributed by atoms with Gasteiger partial charge in [0.15, 0.2) is 5.96 Å². The Hall–Kier alpha value is -2.27. The van der Waals surface area contributed by atoms with E-state index in [0.717, 1.165) is 22.6 Å². The van der Waals surface area contributed by atoms with E-state index in [2.05, 4.69) is 15.6 Å². The van der Waals surface area contributed by atoms with E-state index in [1.807, 2.05) is 37.3 Å². The maximum absolute atomic E-state index is 12.0. The van der Waals surface area contributed by atoms with Crippen LogP contribution in [-0.4, -0.2) is 64.3 Å². The van der Waals surface area contributed by atoms with Crippen LogP contribution in [0.2, 0.25) is 0 Å². The third-order valence-electron chi connectivity index (χ3n) is 4.33. The second kappa shape index (κ2) is 14.7. The van der Waals surface area contributed by atoms with Gasteiger partial charge in [-0.15, -0.1) is 24.0 Å². The summed E-state index contributed by atoms with van der Waals surface area (Å²) < 4.78 is 16.3. The van der Waals surface area contributed by atoms with Gasteiger partial charge in [0, 0.05) is 39.7 Å². The molecule has 0 atom stereocenters. The molecule has 31 heavy (non-hydrogen) atoms. The highest BCUT2D eigenvalue weighted by atomic mass is 127. The van der Waals surface area contributed by atoms with Gasteiger partial charge in [0.2, 0.25) is 5.91 Å². The van der Waals surface area contributed by atoms with Crippen molar-refractivity contribution < 1.29 is 18.7 Å². The predicted molar refractivity (Wildman–Crippen MR) is 132 cm³/mol. The van der Waals surface area contributed by atoms with E-state index in [1.54, 1.807) is 27.5 Å². The number of carbonyl (C=O) groups excluding carboxylic acids is 1. The second-order valence-corrected chi connectivity index (χ2v) is 7.02. The molecule has 1 amide bonds. The predicted octanol–water partition coefficient (Wildman–Crippen LogP) is 2.60. The number of methoxy groups -OCH3 is 1. The summed E-state index contributed by atoms with van der Waals surface area (Å²) in [6.07, 6.45) is 2.37. The number of likely N-dealkylation sites (N-methyl/N-ethyl adjacent to an activating group) is 1. The Morgan fingerprint density at radius 2 is 2.00 bits per heavy atom. The van der Waals surface area contributed by atoms with E-state index in [-0.39, 0.29) is 36.4 Å². The summed E-state index contributed by atoms with van der Waals surface area (Å²) in [4.78, 5) is 18.1. The molecule has 8 nitrogen and oxygen atoms in total. The van der Waals surface area contributed by atoms with Crippen LogP contribution in [0.3, 0.4) is 0 Å². The summed E-state index contributed by atoms with van der Waals surface area (Å²) in [6.45, 7) is 4.21. The smallest absolute Gasteiger partial charge is 0.241 e. The Bertz CT molecular complexity index is 810. The number of hydrogen-bond donors (Lipinski definition) is 2. The zero-order valence-electron chi connectivity index (χ0n) is 18.6. The lowest BCUT2D eigenvalue weighted by atomic mass is 10.1. The molecule has 2 N–H and O–H groups in total. The molecule has 1 aromatic carbocycles. The number of aliphatic imine (C=N–C) groups is 1. The molecule has 0 radical (unpaired) electrons. The number of nitrogens with zero attached hydrogens (tertiary/aromatic N) is 2. The first-order valence-electron chi connectivity index (χ1n) is 9.95. The molecule has 0 saturated carbocycles. The van der Waals surface area contributed by atoms with Crippen LogP contribution < -0.4 is 15.4 Å². The lowest BCUT2D eigenvalue weighted by molar-refractivity contribution is -0.127. The summed E-state index contributed by atoms with van der Waals surface area (Å²) >= 11 is 0. The van der Waals surface area contributed by atoms with Crippen molar-refractivity contribution in [1.29, 1.82) is 0 Å². The lowest BCUT2D eigenvalue weighted by Crippen LogP contribution is -2.43. The van der Waals surface area contributed by atoms with Crippen molar-refractivity contribution in [2.75, 3.05) is 47.5 Å². The van der Waals surface area contributed by atoms with Gasteiger partial charge < -0.3 is 29.4 Å². The van der Waals surface area contributed by atoms with Gasteiger partial charge in [-0.25, -0.2) is 4.99 Å². The molecule has 0 spiro atoms. The first-order chi connectivity index (χ1) is 14.5. The number of benzene rings is 1. The van der Waals surface area contributed by atoms with Crippen LogP contribution in [-0.2, 0) is 22.5 Å². The Morgan fingerprint density at radius 3 is 2.68 bits per heavy atom. The fourth-order valence-corrected chi connectivity index (χ4v) is 2.58. The van der Waals surface area contributed by atoms with Gasteiger partial charge in [-0.3, -0.25) is 4.79 Å². The Labute approximate surface area is 201 Å². The maximum atomic E-state index is 12.0. The van der Waals surface area contributed by atoms with E-state index < -0.39 is 0 Å². The average molecular weight is 544 g/mol.